The maximum absolute atomic E-state index is 6.11. The van der Waals surface area contributed by atoms with Gasteiger partial charge in [0.25, 0.3) is 0 Å². The van der Waals surface area contributed by atoms with E-state index in [0.717, 1.165) is 6.54 Å². The minimum atomic E-state index is 0.425. The van der Waals surface area contributed by atoms with E-state index in [2.05, 4.69) is 25.7 Å². The smallest absolute Gasteiger partial charge is 0.0249 e. The normalized spacial score (nSPS) is 31.2. The van der Waals surface area contributed by atoms with Crippen LogP contribution >= 0.6 is 0 Å². The van der Waals surface area contributed by atoms with Gasteiger partial charge in [-0.3, -0.25) is 4.90 Å². The summed E-state index contributed by atoms with van der Waals surface area (Å²) in [6, 6.07) is 1.77. The van der Waals surface area contributed by atoms with Crippen molar-refractivity contribution in [3.05, 3.63) is 0 Å². The zero-order valence-electron chi connectivity index (χ0n) is 9.29. The van der Waals surface area contributed by atoms with Gasteiger partial charge in [-0.1, -0.05) is 20.3 Å². The third kappa shape index (κ3) is 2.44. The van der Waals surface area contributed by atoms with Gasteiger partial charge < -0.3 is 5.73 Å². The molecule has 13 heavy (non-hydrogen) atoms. The van der Waals surface area contributed by atoms with Gasteiger partial charge in [-0.15, -0.1) is 0 Å². The highest BCUT2D eigenvalue weighted by Gasteiger charge is 2.30. The molecule has 0 aromatic carbocycles. The molecule has 0 aromatic heterocycles. The molecule has 0 amide bonds. The van der Waals surface area contributed by atoms with E-state index in [4.69, 9.17) is 5.73 Å². The lowest BCUT2D eigenvalue weighted by atomic mass is 10.1. The molecule has 1 rings (SSSR count). The predicted molar refractivity (Wildman–Crippen MR) is 57.7 cm³/mol. The first-order valence-electron chi connectivity index (χ1n) is 5.72. The Balaban J connectivity index is 2.54. The topological polar surface area (TPSA) is 29.3 Å². The summed E-state index contributed by atoms with van der Waals surface area (Å²) in [4.78, 5) is 2.58. The molecule has 0 aliphatic heterocycles. The Morgan fingerprint density at radius 1 is 1.38 bits per heavy atom. The summed E-state index contributed by atoms with van der Waals surface area (Å²) in [7, 11) is 0. The summed E-state index contributed by atoms with van der Waals surface area (Å²) in [5, 5.41) is 0. The molecule has 1 aliphatic rings. The molecule has 3 atom stereocenters. The molecule has 0 radical (unpaired) electrons. The van der Waals surface area contributed by atoms with Crippen molar-refractivity contribution >= 4 is 0 Å². The Morgan fingerprint density at radius 2 is 2.08 bits per heavy atom. The van der Waals surface area contributed by atoms with Crippen LogP contribution in [0.25, 0.3) is 0 Å². The summed E-state index contributed by atoms with van der Waals surface area (Å²) in [5.74, 6) is 0. The van der Waals surface area contributed by atoms with Gasteiger partial charge in [-0.05, 0) is 32.7 Å². The Kier molecular flexibility index (Phi) is 4.20. The highest BCUT2D eigenvalue weighted by atomic mass is 15.2. The minimum absolute atomic E-state index is 0.425. The van der Waals surface area contributed by atoms with Gasteiger partial charge in [-0.25, -0.2) is 0 Å². The van der Waals surface area contributed by atoms with Crippen LogP contribution in [0.3, 0.4) is 0 Å². The van der Waals surface area contributed by atoms with Crippen LogP contribution in [0.1, 0.15) is 46.5 Å². The van der Waals surface area contributed by atoms with Gasteiger partial charge in [0.1, 0.15) is 0 Å². The zero-order valence-corrected chi connectivity index (χ0v) is 9.29. The fourth-order valence-corrected chi connectivity index (χ4v) is 2.49. The van der Waals surface area contributed by atoms with Crippen LogP contribution in [-0.4, -0.2) is 29.6 Å². The number of hydrogen-bond donors (Lipinski definition) is 1. The van der Waals surface area contributed by atoms with Crippen molar-refractivity contribution in [1.29, 1.82) is 0 Å². The molecule has 2 heteroatoms. The third-order valence-electron chi connectivity index (χ3n) is 3.48. The first kappa shape index (κ1) is 11.0. The van der Waals surface area contributed by atoms with Crippen molar-refractivity contribution in [3.8, 4) is 0 Å². The van der Waals surface area contributed by atoms with Gasteiger partial charge in [-0.2, -0.15) is 0 Å². The van der Waals surface area contributed by atoms with E-state index in [1.54, 1.807) is 0 Å². The first-order chi connectivity index (χ1) is 6.20. The Bertz CT molecular complexity index is 147. The second kappa shape index (κ2) is 4.97. The number of hydrogen-bond acceptors (Lipinski definition) is 2. The predicted octanol–water partition coefficient (Wildman–Crippen LogP) is 1.99. The lowest BCUT2D eigenvalue weighted by Gasteiger charge is -2.35. The molecule has 1 aliphatic carbocycles. The van der Waals surface area contributed by atoms with E-state index >= 15 is 0 Å². The molecule has 1 fully saturated rings. The standard InChI is InChI=1S/C11H24N2/c1-4-9(3)13(5-2)11-8-6-7-10(11)12/h9-11H,4-8,12H2,1-3H3. The second-order valence-corrected chi connectivity index (χ2v) is 4.25. The highest BCUT2D eigenvalue weighted by Crippen LogP contribution is 2.24. The van der Waals surface area contributed by atoms with Gasteiger partial charge in [0.15, 0.2) is 0 Å². The third-order valence-corrected chi connectivity index (χ3v) is 3.48. The van der Waals surface area contributed by atoms with Crippen molar-refractivity contribution < 1.29 is 0 Å². The molecule has 0 aromatic rings. The molecule has 0 spiro atoms. The van der Waals surface area contributed by atoms with Gasteiger partial charge in [0.2, 0.25) is 0 Å². The monoisotopic (exact) mass is 184 g/mol. The number of nitrogens with zero attached hydrogens (tertiary/aromatic N) is 1. The van der Waals surface area contributed by atoms with E-state index in [-0.39, 0.29) is 0 Å². The summed E-state index contributed by atoms with van der Waals surface area (Å²) in [5.41, 5.74) is 6.11. The van der Waals surface area contributed by atoms with E-state index < -0.39 is 0 Å². The van der Waals surface area contributed by atoms with E-state index in [9.17, 15) is 0 Å². The Labute approximate surface area is 82.5 Å². The summed E-state index contributed by atoms with van der Waals surface area (Å²) in [6.45, 7) is 7.97. The average Bonchev–Trinajstić information content (AvgIpc) is 2.53. The molecule has 0 bridgehead atoms. The Morgan fingerprint density at radius 3 is 2.46 bits per heavy atom. The molecular formula is C11H24N2. The number of nitrogens with two attached hydrogens (primary N) is 1. The number of rotatable bonds is 4. The van der Waals surface area contributed by atoms with Gasteiger partial charge in [0, 0.05) is 18.1 Å². The van der Waals surface area contributed by atoms with Crippen LogP contribution in [0.15, 0.2) is 0 Å². The van der Waals surface area contributed by atoms with E-state index in [1.165, 1.54) is 25.7 Å². The lowest BCUT2D eigenvalue weighted by molar-refractivity contribution is 0.139. The van der Waals surface area contributed by atoms with E-state index in [0.29, 0.717) is 18.1 Å². The van der Waals surface area contributed by atoms with Crippen molar-refractivity contribution in [2.45, 2.75) is 64.6 Å². The molecule has 0 heterocycles. The van der Waals surface area contributed by atoms with Crippen molar-refractivity contribution in [2.24, 2.45) is 5.73 Å². The SMILES string of the molecule is CCC(C)N(CC)C1CCCC1N. The fraction of sp³-hybridized carbons (Fsp3) is 1.00. The van der Waals surface area contributed by atoms with Crippen LogP contribution in [0.2, 0.25) is 0 Å². The van der Waals surface area contributed by atoms with Gasteiger partial charge in [0.05, 0.1) is 0 Å². The van der Waals surface area contributed by atoms with Gasteiger partial charge >= 0.3 is 0 Å². The molecule has 1 saturated carbocycles. The largest absolute Gasteiger partial charge is 0.326 e. The van der Waals surface area contributed by atoms with Crippen molar-refractivity contribution in [1.82, 2.24) is 4.90 Å². The molecule has 0 saturated heterocycles. The van der Waals surface area contributed by atoms with Crippen molar-refractivity contribution in [3.63, 3.8) is 0 Å². The van der Waals surface area contributed by atoms with Crippen LogP contribution in [0, 0.1) is 0 Å². The fourth-order valence-electron chi connectivity index (χ4n) is 2.49. The summed E-state index contributed by atoms with van der Waals surface area (Å²) < 4.78 is 0. The average molecular weight is 184 g/mol. The lowest BCUT2D eigenvalue weighted by Crippen LogP contribution is -2.48. The highest BCUT2D eigenvalue weighted by molar-refractivity contribution is 4.89. The first-order valence-corrected chi connectivity index (χ1v) is 5.72. The van der Waals surface area contributed by atoms with Crippen LogP contribution in [0.4, 0.5) is 0 Å². The maximum atomic E-state index is 6.11. The van der Waals surface area contributed by atoms with Crippen molar-refractivity contribution in [2.75, 3.05) is 6.54 Å². The van der Waals surface area contributed by atoms with E-state index in [1.807, 2.05) is 0 Å². The summed E-state index contributed by atoms with van der Waals surface area (Å²) >= 11 is 0. The molecular weight excluding hydrogens is 160 g/mol. The second-order valence-electron chi connectivity index (χ2n) is 4.25. The maximum Gasteiger partial charge on any atom is 0.0249 e. The summed E-state index contributed by atoms with van der Waals surface area (Å²) in [6.07, 6.45) is 5.08. The molecule has 78 valence electrons. The molecule has 2 nitrogen and oxygen atoms in total. The van der Waals surface area contributed by atoms with Crippen LogP contribution in [0.5, 0.6) is 0 Å². The molecule has 2 N–H and O–H groups in total. The Hall–Kier alpha value is -0.0800. The van der Waals surface area contributed by atoms with Crippen LogP contribution < -0.4 is 5.73 Å². The quantitative estimate of drug-likeness (QED) is 0.724. The molecule has 3 unspecified atom stereocenters. The zero-order chi connectivity index (χ0) is 9.84. The number of likely N-dealkylation sites (N-methyl/N-ethyl adjacent to an activating group) is 1. The van der Waals surface area contributed by atoms with Crippen LogP contribution in [-0.2, 0) is 0 Å². The minimum Gasteiger partial charge on any atom is -0.326 e.